The first kappa shape index (κ1) is 110. The van der Waals surface area contributed by atoms with Crippen LogP contribution in [0.15, 0.2) is 179 Å². The average Bonchev–Trinajstić information content (AvgIpc) is 1.75. The van der Waals surface area contributed by atoms with Crippen molar-refractivity contribution < 1.29 is 117 Å². The Balaban J connectivity index is 0.000000220. The van der Waals surface area contributed by atoms with Crippen LogP contribution in [0.2, 0.25) is 0 Å². The highest BCUT2D eigenvalue weighted by Gasteiger charge is 2.41. The molecule has 40 nitrogen and oxygen atoms in total. The standard InChI is InChI=1S/C37H41N5O10S3.C31H37N5O7S2.C24H26N6O7S3.FH/c1-24-10-13-29(14-11-24)55(46,47)50-17-16-49-27-9-7-8-26(18-27)22-53-23-31(35(44)48-6)42(36(45)52-37(3,4)5)34(43)21-41-20-33(39-40-41)51-28-12-15-30-32(19-28)54-25(2)38-30;1-7-13-41-22-10-8-9-21(14-22)18-44-19-25(29(38)40-6)36(30(39)43-31(3,4)5)28(37)17-35-16-27(33-34-35)42-23-11-12-24-26(15-23)45-20(2)32-24;1-2-8-36-16-5-3-4-15(9-16)13-38-14-19(23(32)33)26-21(31)11-30-12-22(28-29-30)37-17-6-7-18-20(10-17)39-24(27-18)40(25,34)35;/h7-15,18-20,31H,16-17,21-23H2,1-6H3;8-12,14-16,25H,7,13,17-19H2,1-6H3;3-7,9-10,12,19H,2,8,11,13-14H2,1H3,(H,26,31)(H,32,33)(H2,25,34,35);1H/p-1/t31-;25-;19-;/m000./s1/i;;;1-1. The van der Waals surface area contributed by atoms with E-state index in [1.54, 1.807) is 114 Å². The van der Waals surface area contributed by atoms with Crippen molar-refractivity contribution in [2.75, 3.05) is 57.9 Å². The molecule has 0 aliphatic rings. The van der Waals surface area contributed by atoms with Gasteiger partial charge in [-0.05, 0) is 177 Å². The van der Waals surface area contributed by atoms with Crippen LogP contribution in [-0.4, -0.2) is 227 Å². The summed E-state index contributed by atoms with van der Waals surface area (Å²) in [6.45, 7) is 19.6. The zero-order valence-electron chi connectivity index (χ0n) is 78.8. The Kier molecular flexibility index (Phi) is 40.1. The Hall–Kier alpha value is -13.0. The van der Waals surface area contributed by atoms with Crippen LogP contribution in [-0.2, 0) is 109 Å². The lowest BCUT2D eigenvalue weighted by molar-refractivity contribution is -0.151. The molecule has 0 unspecified atom stereocenters. The minimum atomic E-state index is -3.93. The van der Waals surface area contributed by atoms with Crippen molar-refractivity contribution in [1.82, 2.24) is 75.1 Å². The molecule has 0 bridgehead atoms. The molecule has 7 aromatic carbocycles. The first-order valence-corrected chi connectivity index (χ1v) is 52.1. The van der Waals surface area contributed by atoms with Gasteiger partial charge >= 0.3 is 30.1 Å². The molecule has 6 heterocycles. The Morgan fingerprint density at radius 3 is 1.25 bits per heavy atom. The van der Waals surface area contributed by atoms with E-state index in [0.717, 1.165) is 98.2 Å². The van der Waals surface area contributed by atoms with Crippen molar-refractivity contribution in [2.24, 2.45) is 5.14 Å². The summed E-state index contributed by atoms with van der Waals surface area (Å²) in [4.78, 5) is 119. The summed E-state index contributed by atoms with van der Waals surface area (Å²) in [5.41, 5.74) is 3.94. The van der Waals surface area contributed by atoms with Gasteiger partial charge in [0.2, 0.25) is 10.2 Å². The molecule has 49 heteroatoms. The molecular formula is C92H104FN16O24S8-. The number of nitrogens with one attached hydrogen (secondary N) is 1. The molecule has 5 amide bonds. The maximum Gasteiger partial charge on any atom is 0.417 e. The van der Waals surface area contributed by atoms with Gasteiger partial charge in [0.25, 0.3) is 49.6 Å². The summed E-state index contributed by atoms with van der Waals surface area (Å²) in [5, 5.41) is 42.8. The van der Waals surface area contributed by atoms with Gasteiger partial charge in [-0.3, -0.25) is 18.6 Å². The molecule has 0 spiro atoms. The molecule has 0 radical (unpaired) electrons. The Morgan fingerprint density at radius 1 is 0.482 bits per heavy atom. The second-order valence-corrected chi connectivity index (χ2v) is 42.5. The van der Waals surface area contributed by atoms with Crippen molar-refractivity contribution in [2.45, 2.75) is 164 Å². The fourth-order valence-corrected chi connectivity index (χ4v) is 19.9. The molecule has 6 aromatic heterocycles. The maximum absolute atomic E-state index is 13.8. The van der Waals surface area contributed by atoms with E-state index in [9.17, 15) is 60.3 Å². The van der Waals surface area contributed by atoms with Crippen LogP contribution in [0, 0.1) is 20.8 Å². The third-order valence-electron chi connectivity index (χ3n) is 18.7. The zero-order valence-corrected chi connectivity index (χ0v) is 85.4. The van der Waals surface area contributed by atoms with Gasteiger partial charge in [-0.15, -0.1) is 34.0 Å². The predicted octanol–water partition coefficient (Wildman–Crippen LogP) is 12.0. The molecule has 3 atom stereocenters. The van der Waals surface area contributed by atoms with Gasteiger partial charge in [-0.2, -0.15) is 43.7 Å². The number of halogens is 1. The van der Waals surface area contributed by atoms with Crippen molar-refractivity contribution in [3.63, 3.8) is 0 Å². The van der Waals surface area contributed by atoms with Gasteiger partial charge < -0.3 is 62.5 Å². The summed E-state index contributed by atoms with van der Waals surface area (Å²) in [7, 11) is -5.48. The van der Waals surface area contributed by atoms with E-state index >= 15 is 0 Å². The summed E-state index contributed by atoms with van der Waals surface area (Å²) in [5.74, 6) is 0.558. The Morgan fingerprint density at radius 2 is 0.865 bits per heavy atom. The van der Waals surface area contributed by atoms with E-state index in [1.807, 2.05) is 113 Å². The number of carboxylic acid groups (broad SMARTS) is 1. The second kappa shape index (κ2) is 51.4. The van der Waals surface area contributed by atoms with E-state index in [1.165, 1.54) is 106 Å². The first-order valence-electron chi connectivity index (χ1n) is 43.2. The van der Waals surface area contributed by atoms with E-state index in [0.29, 0.717) is 63.7 Å². The number of carboxylic acids is 1. The van der Waals surface area contributed by atoms with Gasteiger partial charge in [-0.25, -0.2) is 76.3 Å². The number of carbonyl (C=O) groups is 8. The molecule has 0 saturated carbocycles. The van der Waals surface area contributed by atoms with Gasteiger partial charge in [0, 0.05) is 52.7 Å². The fourth-order valence-electron chi connectivity index (χ4n) is 12.6. The molecule has 0 fully saturated rings. The van der Waals surface area contributed by atoms with Crippen LogP contribution in [0.25, 0.3) is 30.6 Å². The number of benzene rings is 7. The van der Waals surface area contributed by atoms with Gasteiger partial charge in [0.1, 0.15) is 96.7 Å². The molecule has 0 aliphatic heterocycles. The topological polar surface area (TPSA) is 502 Å². The molecular weight excluding hydrogens is 1990 g/mol. The van der Waals surface area contributed by atoms with Crippen LogP contribution in [0.4, 0.5) is 9.59 Å². The average molecular weight is 2090 g/mol. The molecule has 752 valence electrons. The van der Waals surface area contributed by atoms with Gasteiger partial charge in [0.15, 0.2) is 0 Å². The van der Waals surface area contributed by atoms with E-state index in [4.69, 9.17) is 56.7 Å². The number of nitrogens with two attached hydrogens (primary N) is 1. The largest absolute Gasteiger partial charge is 1.00 e. The number of thiazole rings is 3. The minimum Gasteiger partial charge on any atom is -1.00 e. The first-order chi connectivity index (χ1) is 66.6. The van der Waals surface area contributed by atoms with Crippen LogP contribution in [0.3, 0.4) is 0 Å². The van der Waals surface area contributed by atoms with Crippen LogP contribution in [0.5, 0.6) is 52.1 Å². The summed E-state index contributed by atoms with van der Waals surface area (Å²) < 4.78 is 114. The quantitative estimate of drug-likeness (QED) is 0.0138. The number of amides is 5. The number of hydrogen-bond acceptors (Lipinski definition) is 38. The van der Waals surface area contributed by atoms with Crippen molar-refractivity contribution in [1.29, 1.82) is 0 Å². The number of aromatic nitrogens is 12. The Labute approximate surface area is 835 Å². The second-order valence-electron chi connectivity index (χ2n) is 32.6. The number of sulfonamides is 1. The number of imide groups is 2. The number of aliphatic carboxylic acids is 1. The number of primary sulfonamides is 1. The smallest absolute Gasteiger partial charge is 0.417 e. The summed E-state index contributed by atoms with van der Waals surface area (Å²) in [6.07, 6.45) is 4.01. The number of aryl methyl sites for hydroxylation is 3. The highest BCUT2D eigenvalue weighted by Crippen LogP contribution is 2.35. The number of thioether (sulfide) groups is 3. The normalized spacial score (nSPS) is 12.1. The van der Waals surface area contributed by atoms with E-state index < -0.39 is 110 Å². The number of hydrogen-bond donors (Lipinski definition) is 3. The van der Waals surface area contributed by atoms with Crippen LogP contribution >= 0.6 is 69.3 Å². The monoisotopic (exact) mass is 2090 g/mol. The Bertz CT molecular complexity index is 6730. The highest BCUT2D eigenvalue weighted by atomic mass is 32.2. The zero-order chi connectivity index (χ0) is 101. The highest BCUT2D eigenvalue weighted by molar-refractivity contribution is 7.99. The van der Waals surface area contributed by atoms with Crippen LogP contribution < -0.4 is 43.6 Å². The number of rotatable bonds is 43. The third-order valence-corrected chi connectivity index (χ3v) is 27.6. The molecule has 4 N–H and O–H groups in total. The summed E-state index contributed by atoms with van der Waals surface area (Å²) in [6, 6.07) is 40.6. The molecule has 141 heavy (non-hydrogen) atoms. The maximum atomic E-state index is 13.8. The number of ether oxygens (including phenoxy) is 10. The lowest BCUT2D eigenvalue weighted by Crippen LogP contribution is -3.00. The SMILES string of the molecule is CCCOc1cccc(CSC[C@@H](C(=O)OC)N(C(=O)Cn2cc(Oc3ccc4nc(C)sc4c3)nn2)C(=O)OC(C)(C)C)c1.CCCOc1cccc(CSC[C@H](NC(=O)Cn2cc(Oc3ccc4nc(S(N)(=O)=O)sc4c3)nn2)C(=O)O)c1.COC(=O)[C@H](CSCc1cccc(OCCOS(=O)(=O)c2ccc(C)cc2)c1)N(C(=O)Cn1cc(Oc2ccc3nc(C)sc3c2)nn1)C(=O)OC(C)(C)C.[18F-]. The number of methoxy groups -OCH3 is 2. The van der Waals surface area contributed by atoms with E-state index in [2.05, 4.69) is 51.2 Å². The number of fused-ring (bicyclic) bond motifs is 3. The summed E-state index contributed by atoms with van der Waals surface area (Å²) >= 11 is 7.99. The lowest BCUT2D eigenvalue weighted by Gasteiger charge is -2.30. The van der Waals surface area contributed by atoms with Gasteiger partial charge in [-0.1, -0.05) is 98.9 Å². The van der Waals surface area contributed by atoms with E-state index in [-0.39, 0.29) is 68.6 Å². The number of nitrogens with zero attached hydrogens (tertiary/aromatic N) is 14. The molecule has 13 rings (SSSR count). The third kappa shape index (κ3) is 34.2. The predicted molar refractivity (Wildman–Crippen MR) is 527 cm³/mol. The lowest BCUT2D eigenvalue weighted by atomic mass is 10.2. The molecule has 0 aliphatic carbocycles. The minimum absolute atomic E-state index is 0. The van der Waals surface area contributed by atoms with Crippen molar-refractivity contribution in [3.8, 4) is 52.1 Å². The van der Waals surface area contributed by atoms with Crippen LogP contribution in [0.1, 0.15) is 101 Å². The molecule has 13 aromatic rings. The van der Waals surface area contributed by atoms with Gasteiger partial charge in [0.05, 0.1) is 91.6 Å². The fraction of sp³-hybridized carbons (Fsp3) is 0.359. The number of esters is 2. The number of carbonyl (C=O) groups excluding carboxylic acids is 7. The van der Waals surface area contributed by atoms with Crippen molar-refractivity contribution >= 4 is 168 Å². The van der Waals surface area contributed by atoms with Crippen molar-refractivity contribution in [3.05, 3.63) is 203 Å². The molecule has 0 saturated heterocycles.